The van der Waals surface area contributed by atoms with Crippen LogP contribution in [0.15, 0.2) is 63.6 Å². The van der Waals surface area contributed by atoms with Crippen LogP contribution in [-0.4, -0.2) is 6.98 Å². The Morgan fingerprint density at radius 3 is 2.73 bits per heavy atom. The highest BCUT2D eigenvalue weighted by molar-refractivity contribution is 9.12. The van der Waals surface area contributed by atoms with E-state index in [9.17, 15) is 0 Å². The van der Waals surface area contributed by atoms with Crippen molar-refractivity contribution in [2.24, 2.45) is 5.64 Å². The normalized spacial score (nSPS) is 18.6. The van der Waals surface area contributed by atoms with Crippen molar-refractivity contribution in [3.05, 3.63) is 69.1 Å². The summed E-state index contributed by atoms with van der Waals surface area (Å²) in [6.07, 6.45) is 6.50. The highest BCUT2D eigenvalue weighted by Crippen LogP contribution is 2.36. The molecular formula is C17H13BBr2N2. The zero-order valence-corrected chi connectivity index (χ0v) is 14.9. The van der Waals surface area contributed by atoms with Crippen LogP contribution in [0.25, 0.3) is 11.1 Å². The third kappa shape index (κ3) is 2.28. The summed E-state index contributed by atoms with van der Waals surface area (Å²) < 4.78 is 2.19. The van der Waals surface area contributed by atoms with E-state index < -0.39 is 0 Å². The summed E-state index contributed by atoms with van der Waals surface area (Å²) in [5.74, 6) is 0.269. The molecule has 108 valence electrons. The Bertz CT molecular complexity index is 829. The van der Waals surface area contributed by atoms with Crippen LogP contribution in [0.2, 0.25) is 0 Å². The summed E-state index contributed by atoms with van der Waals surface area (Å²) >= 11 is 7.11. The smallest absolute Gasteiger partial charge is 0.371 e. The lowest BCUT2D eigenvalue weighted by Gasteiger charge is -2.28. The molecule has 0 spiro atoms. The van der Waals surface area contributed by atoms with E-state index in [-0.39, 0.29) is 12.9 Å². The summed E-state index contributed by atoms with van der Waals surface area (Å²) in [5, 5.41) is 3.42. The van der Waals surface area contributed by atoms with Crippen molar-refractivity contribution >= 4 is 50.0 Å². The first-order valence-electron chi connectivity index (χ1n) is 7.14. The minimum atomic E-state index is -0.193. The molecule has 22 heavy (non-hydrogen) atoms. The van der Waals surface area contributed by atoms with Crippen LogP contribution in [0, 0.1) is 0 Å². The molecule has 0 saturated carbocycles. The van der Waals surface area contributed by atoms with Crippen LogP contribution in [-0.2, 0) is 0 Å². The Kier molecular flexibility index (Phi) is 3.52. The molecule has 0 amide bonds. The highest BCUT2D eigenvalue weighted by Gasteiger charge is 2.29. The molecule has 3 N–H and O–H groups in total. The van der Waals surface area contributed by atoms with E-state index in [0.29, 0.717) is 0 Å². The van der Waals surface area contributed by atoms with Gasteiger partial charge in [-0.05, 0) is 34.8 Å². The average Bonchev–Trinajstić information content (AvgIpc) is 2.94. The maximum atomic E-state index is 6.42. The van der Waals surface area contributed by atoms with Gasteiger partial charge in [-0.25, -0.2) is 0 Å². The molecule has 4 rings (SSSR count). The fourth-order valence-corrected chi connectivity index (χ4v) is 4.03. The molecule has 1 aliphatic heterocycles. The molecule has 1 aliphatic carbocycles. The van der Waals surface area contributed by atoms with Gasteiger partial charge in [-0.15, -0.1) is 0 Å². The van der Waals surface area contributed by atoms with Crippen LogP contribution in [0.1, 0.15) is 11.5 Å². The van der Waals surface area contributed by atoms with E-state index in [1.54, 1.807) is 0 Å². The van der Waals surface area contributed by atoms with Gasteiger partial charge in [0.1, 0.15) is 0 Å². The van der Waals surface area contributed by atoms with Crippen LogP contribution >= 0.6 is 31.9 Å². The fraction of sp³-hybridized carbons (Fsp3) is 0.0588. The number of hydrogen-bond donors (Lipinski definition) is 2. The van der Waals surface area contributed by atoms with E-state index in [1.807, 2.05) is 6.07 Å². The molecule has 0 aromatic heterocycles. The van der Waals surface area contributed by atoms with Gasteiger partial charge in [-0.3, -0.25) is 0 Å². The van der Waals surface area contributed by atoms with Gasteiger partial charge < -0.3 is 10.9 Å². The monoisotopic (exact) mass is 414 g/mol. The largest absolute Gasteiger partial charge is 0.410 e. The van der Waals surface area contributed by atoms with Crippen molar-refractivity contribution in [2.75, 3.05) is 5.23 Å². The SMILES string of the molecule is NB1Nc2ccc(Br)cc2-c2cccc(C3C=CC(Br)=C3)c21. The number of nitrogens with one attached hydrogen (secondary N) is 1. The molecule has 2 nitrogen and oxygen atoms in total. The van der Waals surface area contributed by atoms with E-state index in [4.69, 9.17) is 5.64 Å². The van der Waals surface area contributed by atoms with E-state index >= 15 is 0 Å². The Hall–Kier alpha value is -1.30. The van der Waals surface area contributed by atoms with E-state index in [1.165, 1.54) is 22.2 Å². The molecule has 5 heteroatoms. The van der Waals surface area contributed by atoms with Gasteiger partial charge >= 0.3 is 6.98 Å². The molecule has 2 aromatic carbocycles. The van der Waals surface area contributed by atoms with Crippen molar-refractivity contribution in [2.45, 2.75) is 5.92 Å². The number of anilines is 1. The summed E-state index contributed by atoms with van der Waals surface area (Å²) in [4.78, 5) is 0. The Morgan fingerprint density at radius 2 is 1.95 bits per heavy atom. The number of rotatable bonds is 1. The van der Waals surface area contributed by atoms with E-state index in [0.717, 1.165) is 14.6 Å². The third-order valence-electron chi connectivity index (χ3n) is 4.19. The molecule has 0 bridgehead atoms. The lowest BCUT2D eigenvalue weighted by atomic mass is 9.60. The number of allylic oxidation sites excluding steroid dienone is 4. The topological polar surface area (TPSA) is 38.0 Å². The average molecular weight is 416 g/mol. The molecule has 1 heterocycles. The van der Waals surface area contributed by atoms with Gasteiger partial charge in [-0.1, -0.05) is 68.3 Å². The molecule has 0 fully saturated rings. The van der Waals surface area contributed by atoms with Crippen molar-refractivity contribution in [1.29, 1.82) is 0 Å². The first-order valence-corrected chi connectivity index (χ1v) is 8.72. The predicted octanol–water partition coefficient (Wildman–Crippen LogP) is 4.13. The maximum Gasteiger partial charge on any atom is 0.371 e. The maximum absolute atomic E-state index is 6.42. The second-order valence-electron chi connectivity index (χ2n) is 5.56. The Labute approximate surface area is 146 Å². The van der Waals surface area contributed by atoms with Crippen LogP contribution < -0.4 is 16.3 Å². The fourth-order valence-electron chi connectivity index (χ4n) is 3.23. The second-order valence-corrected chi connectivity index (χ2v) is 7.39. The van der Waals surface area contributed by atoms with Crippen molar-refractivity contribution in [3.8, 4) is 11.1 Å². The minimum Gasteiger partial charge on any atom is -0.410 e. The lowest BCUT2D eigenvalue weighted by molar-refractivity contribution is 1.11. The van der Waals surface area contributed by atoms with Crippen molar-refractivity contribution in [1.82, 2.24) is 0 Å². The standard InChI is InChI=1S/C17H13BBr2N2/c19-11-5-4-10(8-11)13-2-1-3-14-15-9-12(20)6-7-16(15)22-18(21)17(13)14/h1-10,22H,21H2. The number of benzene rings is 2. The predicted molar refractivity (Wildman–Crippen MR) is 102 cm³/mol. The van der Waals surface area contributed by atoms with Gasteiger partial charge in [0.25, 0.3) is 0 Å². The molecule has 2 aliphatic rings. The lowest BCUT2D eigenvalue weighted by Crippen LogP contribution is -2.52. The van der Waals surface area contributed by atoms with Crippen LogP contribution in [0.3, 0.4) is 0 Å². The van der Waals surface area contributed by atoms with Gasteiger partial charge in [0, 0.05) is 26.1 Å². The van der Waals surface area contributed by atoms with Crippen molar-refractivity contribution in [3.63, 3.8) is 0 Å². The van der Waals surface area contributed by atoms with Gasteiger partial charge in [0.2, 0.25) is 0 Å². The Morgan fingerprint density at radius 1 is 1.09 bits per heavy atom. The summed E-state index contributed by atoms with van der Waals surface area (Å²) in [7, 11) is 0. The summed E-state index contributed by atoms with van der Waals surface area (Å²) in [6.45, 7) is -0.193. The summed E-state index contributed by atoms with van der Waals surface area (Å²) in [6, 6.07) is 12.7. The Balaban J connectivity index is 1.94. The quantitative estimate of drug-likeness (QED) is 0.687. The molecule has 0 saturated heterocycles. The number of fused-ring (bicyclic) bond motifs is 3. The molecular weight excluding hydrogens is 403 g/mol. The van der Waals surface area contributed by atoms with E-state index in [2.05, 4.69) is 85.6 Å². The number of nitrogens with two attached hydrogens (primary N) is 1. The minimum absolute atomic E-state index is 0.193. The van der Waals surface area contributed by atoms with Gasteiger partial charge in [0.15, 0.2) is 0 Å². The van der Waals surface area contributed by atoms with Crippen molar-refractivity contribution < 1.29 is 0 Å². The summed E-state index contributed by atoms with van der Waals surface area (Å²) in [5.41, 5.74) is 12.4. The number of hydrogen-bond acceptors (Lipinski definition) is 2. The molecule has 2 aromatic rings. The molecule has 1 atom stereocenters. The zero-order valence-electron chi connectivity index (χ0n) is 11.7. The van der Waals surface area contributed by atoms with Gasteiger partial charge in [0.05, 0.1) is 0 Å². The van der Waals surface area contributed by atoms with Gasteiger partial charge in [-0.2, -0.15) is 0 Å². The van der Waals surface area contributed by atoms with Crippen LogP contribution in [0.5, 0.6) is 0 Å². The first-order chi connectivity index (χ1) is 10.6. The zero-order chi connectivity index (χ0) is 15.3. The second kappa shape index (κ2) is 5.41. The highest BCUT2D eigenvalue weighted by atomic mass is 79.9. The molecule has 1 unspecified atom stereocenters. The number of halogens is 2. The first kappa shape index (κ1) is 14.3. The molecule has 0 radical (unpaired) electrons. The third-order valence-corrected chi connectivity index (χ3v) is 5.22. The van der Waals surface area contributed by atoms with Crippen LogP contribution in [0.4, 0.5) is 5.69 Å².